The highest BCUT2D eigenvalue weighted by Gasteiger charge is 2.37. The predicted octanol–water partition coefficient (Wildman–Crippen LogP) is 3.80. The van der Waals surface area contributed by atoms with Gasteiger partial charge in [-0.1, -0.05) is 17.7 Å². The lowest BCUT2D eigenvalue weighted by atomic mass is 10.0. The van der Waals surface area contributed by atoms with E-state index >= 15 is 0 Å². The molecule has 31 heavy (non-hydrogen) atoms. The molecule has 0 aliphatic carbocycles. The first-order valence-corrected chi connectivity index (χ1v) is 10.1. The Balaban J connectivity index is 1.73. The summed E-state index contributed by atoms with van der Waals surface area (Å²) in [6, 6.07) is 7.85. The van der Waals surface area contributed by atoms with Crippen LogP contribution in [0.2, 0.25) is 0 Å². The summed E-state index contributed by atoms with van der Waals surface area (Å²) in [4.78, 5) is 51.2. The van der Waals surface area contributed by atoms with E-state index in [2.05, 4.69) is 5.32 Å². The molecule has 1 heterocycles. The lowest BCUT2D eigenvalue weighted by Crippen LogP contribution is -2.35. The molecule has 7 nitrogen and oxygen atoms in total. The van der Waals surface area contributed by atoms with Gasteiger partial charge in [0.05, 0.1) is 16.7 Å². The fourth-order valence-electron chi connectivity index (χ4n) is 3.74. The van der Waals surface area contributed by atoms with Crippen LogP contribution in [0.25, 0.3) is 0 Å². The van der Waals surface area contributed by atoms with Gasteiger partial charge < -0.3 is 10.1 Å². The van der Waals surface area contributed by atoms with Gasteiger partial charge in [0.15, 0.2) is 6.10 Å². The number of nitrogens with one attached hydrogen (secondary N) is 1. The van der Waals surface area contributed by atoms with E-state index in [1.807, 2.05) is 32.9 Å². The Kier molecular flexibility index (Phi) is 5.97. The number of aryl methyl sites for hydroxylation is 3. The zero-order chi connectivity index (χ0) is 23.0. The quantitative estimate of drug-likeness (QED) is 0.584. The van der Waals surface area contributed by atoms with Gasteiger partial charge in [0, 0.05) is 11.7 Å². The summed E-state index contributed by atoms with van der Waals surface area (Å²) in [5.41, 5.74) is 4.14. The Labute approximate surface area is 181 Å². The number of amides is 3. The fraction of sp³-hybridized carbons (Fsp3) is 0.333. The summed E-state index contributed by atoms with van der Waals surface area (Å²) in [6.07, 6.45) is -1.05. The Morgan fingerprint density at radius 3 is 2.06 bits per heavy atom. The highest BCUT2D eigenvalue weighted by atomic mass is 16.5. The van der Waals surface area contributed by atoms with Crippen molar-refractivity contribution in [1.82, 2.24) is 4.90 Å². The summed E-state index contributed by atoms with van der Waals surface area (Å²) < 4.78 is 5.31. The van der Waals surface area contributed by atoms with Crippen LogP contribution >= 0.6 is 0 Å². The number of anilines is 1. The van der Waals surface area contributed by atoms with Gasteiger partial charge in [0.1, 0.15) is 0 Å². The zero-order valence-electron chi connectivity index (χ0n) is 18.5. The third-order valence-electron chi connectivity index (χ3n) is 5.25. The lowest BCUT2D eigenvalue weighted by molar-refractivity contribution is -0.123. The molecule has 1 unspecified atom stereocenters. The van der Waals surface area contributed by atoms with Crippen molar-refractivity contribution in [3.8, 4) is 0 Å². The van der Waals surface area contributed by atoms with Gasteiger partial charge in [0.25, 0.3) is 17.7 Å². The van der Waals surface area contributed by atoms with E-state index in [0.717, 1.165) is 21.6 Å². The normalized spacial score (nSPS) is 14.0. The van der Waals surface area contributed by atoms with Gasteiger partial charge in [-0.2, -0.15) is 0 Å². The third-order valence-corrected chi connectivity index (χ3v) is 5.25. The van der Waals surface area contributed by atoms with Crippen LogP contribution in [0.3, 0.4) is 0 Å². The number of carbonyl (C=O) groups excluding carboxylic acids is 4. The largest absolute Gasteiger partial charge is 0.449 e. The molecular weight excluding hydrogens is 396 g/mol. The van der Waals surface area contributed by atoms with E-state index in [9.17, 15) is 19.2 Å². The number of nitrogens with zero attached hydrogens (tertiary/aromatic N) is 1. The van der Waals surface area contributed by atoms with Crippen LogP contribution in [0, 0.1) is 20.8 Å². The second-order valence-electron chi connectivity index (χ2n) is 8.14. The molecule has 3 rings (SSSR count). The molecule has 2 aromatic rings. The van der Waals surface area contributed by atoms with E-state index < -0.39 is 23.9 Å². The third kappa shape index (κ3) is 4.21. The van der Waals surface area contributed by atoms with Crippen molar-refractivity contribution in [3.63, 3.8) is 0 Å². The summed E-state index contributed by atoms with van der Waals surface area (Å²) >= 11 is 0. The van der Waals surface area contributed by atoms with Crippen molar-refractivity contribution in [3.05, 3.63) is 63.7 Å². The van der Waals surface area contributed by atoms with E-state index in [1.54, 1.807) is 13.8 Å². The van der Waals surface area contributed by atoms with Gasteiger partial charge in [-0.15, -0.1) is 0 Å². The van der Waals surface area contributed by atoms with Gasteiger partial charge in [0.2, 0.25) is 0 Å². The summed E-state index contributed by atoms with van der Waals surface area (Å²) in [7, 11) is 0. The first kappa shape index (κ1) is 22.2. The minimum Gasteiger partial charge on any atom is -0.449 e. The van der Waals surface area contributed by atoms with Gasteiger partial charge in [-0.25, -0.2) is 4.79 Å². The van der Waals surface area contributed by atoms with E-state index in [4.69, 9.17) is 4.74 Å². The smallest absolute Gasteiger partial charge is 0.338 e. The maximum atomic E-state index is 12.6. The second kappa shape index (κ2) is 8.34. The molecule has 0 bridgehead atoms. The number of esters is 1. The maximum Gasteiger partial charge on any atom is 0.338 e. The predicted molar refractivity (Wildman–Crippen MR) is 116 cm³/mol. The molecule has 1 aliphatic rings. The van der Waals surface area contributed by atoms with Crippen molar-refractivity contribution in [2.24, 2.45) is 0 Å². The van der Waals surface area contributed by atoms with Crippen LogP contribution < -0.4 is 5.32 Å². The summed E-state index contributed by atoms with van der Waals surface area (Å²) in [5, 5.41) is 2.81. The number of carbonyl (C=O) groups is 4. The molecule has 0 fully saturated rings. The van der Waals surface area contributed by atoms with Crippen LogP contribution in [-0.2, 0) is 9.53 Å². The van der Waals surface area contributed by atoms with Crippen molar-refractivity contribution in [1.29, 1.82) is 0 Å². The molecule has 0 saturated carbocycles. The average molecular weight is 422 g/mol. The minimum atomic E-state index is -1.05. The second-order valence-corrected chi connectivity index (χ2v) is 8.14. The zero-order valence-corrected chi connectivity index (χ0v) is 18.5. The molecule has 162 valence electrons. The van der Waals surface area contributed by atoms with Gasteiger partial charge in [-0.05, 0) is 70.9 Å². The number of rotatable bonds is 5. The topological polar surface area (TPSA) is 92.8 Å². The van der Waals surface area contributed by atoms with Crippen LogP contribution in [0.1, 0.15) is 68.5 Å². The molecule has 0 spiro atoms. The van der Waals surface area contributed by atoms with Gasteiger partial charge in [-0.3, -0.25) is 19.3 Å². The van der Waals surface area contributed by atoms with Crippen LogP contribution in [0.4, 0.5) is 5.69 Å². The summed E-state index contributed by atoms with van der Waals surface area (Å²) in [5.74, 6) is -2.03. The summed E-state index contributed by atoms with van der Waals surface area (Å²) in [6.45, 7) is 10.7. The molecular formula is C24H26N2O5. The molecule has 1 aliphatic heterocycles. The van der Waals surface area contributed by atoms with Crippen LogP contribution in [0.15, 0.2) is 30.3 Å². The van der Waals surface area contributed by atoms with E-state index in [1.165, 1.54) is 25.1 Å². The van der Waals surface area contributed by atoms with E-state index in [0.29, 0.717) is 5.69 Å². The molecule has 1 N–H and O–H groups in total. The van der Waals surface area contributed by atoms with Crippen LogP contribution in [0.5, 0.6) is 0 Å². The van der Waals surface area contributed by atoms with Gasteiger partial charge >= 0.3 is 5.97 Å². The highest BCUT2D eigenvalue weighted by Crippen LogP contribution is 2.26. The number of fused-ring (bicyclic) bond motifs is 1. The molecule has 0 aromatic heterocycles. The standard InChI is InChI=1S/C24H26N2O5/c1-12(2)26-22(28)18-8-7-17(11-19(18)23(26)29)24(30)31-16(6)21(27)25-20-14(4)9-13(3)10-15(20)5/h7-12,16H,1-6H3,(H,25,27). The molecule has 0 saturated heterocycles. The molecule has 1 atom stereocenters. The number of imide groups is 1. The minimum absolute atomic E-state index is 0.104. The number of benzene rings is 2. The Hall–Kier alpha value is -3.48. The van der Waals surface area contributed by atoms with Crippen molar-refractivity contribution in [2.75, 3.05) is 5.32 Å². The Morgan fingerprint density at radius 2 is 1.48 bits per heavy atom. The van der Waals surface area contributed by atoms with E-state index in [-0.39, 0.29) is 28.6 Å². The molecule has 7 heteroatoms. The van der Waals surface area contributed by atoms with Crippen molar-refractivity contribution >= 4 is 29.4 Å². The average Bonchev–Trinajstić information content (AvgIpc) is 2.94. The molecule has 2 aromatic carbocycles. The first-order valence-electron chi connectivity index (χ1n) is 10.1. The highest BCUT2D eigenvalue weighted by molar-refractivity contribution is 6.22. The Morgan fingerprint density at radius 1 is 0.903 bits per heavy atom. The first-order chi connectivity index (χ1) is 14.5. The number of hydrogen-bond acceptors (Lipinski definition) is 5. The number of hydrogen-bond donors (Lipinski definition) is 1. The van der Waals surface area contributed by atoms with Crippen LogP contribution in [-0.4, -0.2) is 40.7 Å². The molecule has 3 amide bonds. The SMILES string of the molecule is Cc1cc(C)c(NC(=O)C(C)OC(=O)c2ccc3c(c2)C(=O)N(C(C)C)C3=O)c(C)c1. The lowest BCUT2D eigenvalue weighted by Gasteiger charge is -2.17. The number of ether oxygens (including phenoxy) is 1. The van der Waals surface area contributed by atoms with Crippen molar-refractivity contribution < 1.29 is 23.9 Å². The monoisotopic (exact) mass is 422 g/mol. The fourth-order valence-corrected chi connectivity index (χ4v) is 3.74. The maximum absolute atomic E-state index is 12.6. The van der Waals surface area contributed by atoms with Crippen molar-refractivity contribution in [2.45, 2.75) is 53.7 Å². The molecule has 0 radical (unpaired) electrons. The Bertz CT molecular complexity index is 1080.